The Bertz CT molecular complexity index is 840. The van der Waals surface area contributed by atoms with Crippen molar-refractivity contribution in [1.29, 1.82) is 0 Å². The number of halogens is 3. The molecule has 2 aromatic rings. The van der Waals surface area contributed by atoms with E-state index in [1.54, 1.807) is 18.2 Å². The molecule has 0 saturated heterocycles. The van der Waals surface area contributed by atoms with Crippen molar-refractivity contribution in [3.05, 3.63) is 58.4 Å². The lowest BCUT2D eigenvalue weighted by Crippen LogP contribution is -2.43. The van der Waals surface area contributed by atoms with Gasteiger partial charge in [0.2, 0.25) is 0 Å². The fourth-order valence-corrected chi connectivity index (χ4v) is 3.12. The summed E-state index contributed by atoms with van der Waals surface area (Å²) in [6.07, 6.45) is 0.788. The number of hydrogen-bond acceptors (Lipinski definition) is 4. The molecule has 31 heavy (non-hydrogen) atoms. The Kier molecular flexibility index (Phi) is 11.1. The first kappa shape index (κ1) is 27.0. The van der Waals surface area contributed by atoms with Gasteiger partial charge in [0.15, 0.2) is 18.1 Å². The summed E-state index contributed by atoms with van der Waals surface area (Å²) < 4.78 is 24.3. The van der Waals surface area contributed by atoms with Crippen molar-refractivity contribution in [2.45, 2.75) is 46.2 Å². The minimum Gasteiger partial charge on any atom is -0.490 e. The Hall–Kier alpha value is -2.02. The van der Waals surface area contributed by atoms with Crippen LogP contribution in [0.3, 0.4) is 0 Å². The molecular formula is C23H31Cl2FN2O3. The van der Waals surface area contributed by atoms with E-state index in [0.29, 0.717) is 29.7 Å². The van der Waals surface area contributed by atoms with Gasteiger partial charge in [-0.3, -0.25) is 4.79 Å². The fourth-order valence-electron chi connectivity index (χ4n) is 2.84. The number of nitrogens with one attached hydrogen (secondary N) is 2. The van der Waals surface area contributed by atoms with Gasteiger partial charge in [-0.1, -0.05) is 23.7 Å². The molecule has 0 aliphatic carbocycles. The zero-order chi connectivity index (χ0) is 22.1. The van der Waals surface area contributed by atoms with Gasteiger partial charge in [0.1, 0.15) is 5.82 Å². The first-order valence-electron chi connectivity index (χ1n) is 10.0. The van der Waals surface area contributed by atoms with Gasteiger partial charge in [0, 0.05) is 12.1 Å². The highest BCUT2D eigenvalue weighted by atomic mass is 35.5. The molecule has 5 nitrogen and oxygen atoms in total. The van der Waals surface area contributed by atoms with Crippen LogP contribution in [0.2, 0.25) is 5.02 Å². The standard InChI is InChI=1S/C23H30ClFN2O3.ClH/c1-5-29-20-13-17(14-26-11-10-16-6-8-18(25)9-7-16)12-19(24)22(20)30-15-21(28)27-23(2,3)4;/h6-9,12-13,26H,5,10-11,14-15H2,1-4H3,(H,27,28);1H. The molecule has 2 aromatic carbocycles. The second-order valence-corrected chi connectivity index (χ2v) is 8.39. The van der Waals surface area contributed by atoms with Crippen LogP contribution >= 0.6 is 24.0 Å². The van der Waals surface area contributed by atoms with Crippen LogP contribution < -0.4 is 20.1 Å². The number of carbonyl (C=O) groups is 1. The van der Waals surface area contributed by atoms with E-state index in [2.05, 4.69) is 10.6 Å². The Morgan fingerprint density at radius 1 is 1.10 bits per heavy atom. The minimum absolute atomic E-state index is 0. The van der Waals surface area contributed by atoms with Crippen LogP contribution in [-0.2, 0) is 17.8 Å². The van der Waals surface area contributed by atoms with Gasteiger partial charge in [-0.05, 0) is 76.1 Å². The molecule has 0 aliphatic heterocycles. The van der Waals surface area contributed by atoms with Crippen molar-refractivity contribution in [3.63, 3.8) is 0 Å². The Labute approximate surface area is 195 Å². The van der Waals surface area contributed by atoms with Crippen LogP contribution in [0.4, 0.5) is 4.39 Å². The predicted octanol–water partition coefficient (Wildman–Crippen LogP) is 4.93. The van der Waals surface area contributed by atoms with E-state index >= 15 is 0 Å². The Balaban J connectivity index is 0.00000480. The average molecular weight is 473 g/mol. The summed E-state index contributed by atoms with van der Waals surface area (Å²) in [5.41, 5.74) is 1.67. The number of hydrogen-bond donors (Lipinski definition) is 2. The third kappa shape index (κ3) is 9.76. The average Bonchev–Trinajstić information content (AvgIpc) is 2.65. The molecule has 8 heteroatoms. The highest BCUT2D eigenvalue weighted by Gasteiger charge is 2.17. The van der Waals surface area contributed by atoms with E-state index in [9.17, 15) is 9.18 Å². The van der Waals surface area contributed by atoms with Crippen molar-refractivity contribution < 1.29 is 18.7 Å². The van der Waals surface area contributed by atoms with Gasteiger partial charge in [0.05, 0.1) is 11.6 Å². The quantitative estimate of drug-likeness (QED) is 0.481. The number of carbonyl (C=O) groups excluding carboxylic acids is 1. The number of ether oxygens (including phenoxy) is 2. The molecule has 2 N–H and O–H groups in total. The van der Waals surface area contributed by atoms with E-state index in [1.807, 2.05) is 33.8 Å². The fraction of sp³-hybridized carbons (Fsp3) is 0.435. The summed E-state index contributed by atoms with van der Waals surface area (Å²) in [7, 11) is 0. The molecule has 0 aliphatic rings. The van der Waals surface area contributed by atoms with Crippen molar-refractivity contribution >= 4 is 29.9 Å². The molecule has 0 atom stereocenters. The summed E-state index contributed by atoms with van der Waals surface area (Å²) in [5, 5.41) is 6.58. The van der Waals surface area contributed by atoms with E-state index in [1.165, 1.54) is 12.1 Å². The molecule has 172 valence electrons. The highest BCUT2D eigenvalue weighted by Crippen LogP contribution is 2.36. The zero-order valence-electron chi connectivity index (χ0n) is 18.4. The molecule has 0 saturated carbocycles. The summed E-state index contributed by atoms with van der Waals surface area (Å²) in [5.74, 6) is 0.400. The van der Waals surface area contributed by atoms with Crippen molar-refractivity contribution in [2.24, 2.45) is 0 Å². The number of amides is 1. The smallest absolute Gasteiger partial charge is 0.258 e. The Morgan fingerprint density at radius 3 is 2.39 bits per heavy atom. The van der Waals surface area contributed by atoms with Crippen molar-refractivity contribution in [2.75, 3.05) is 19.8 Å². The molecule has 0 heterocycles. The largest absolute Gasteiger partial charge is 0.490 e. The lowest BCUT2D eigenvalue weighted by Gasteiger charge is -2.21. The predicted molar refractivity (Wildman–Crippen MR) is 125 cm³/mol. The molecule has 1 amide bonds. The van der Waals surface area contributed by atoms with Gasteiger partial charge in [-0.15, -0.1) is 12.4 Å². The number of rotatable bonds is 10. The molecule has 0 fully saturated rings. The van der Waals surface area contributed by atoms with Gasteiger partial charge in [-0.25, -0.2) is 4.39 Å². The zero-order valence-corrected chi connectivity index (χ0v) is 20.0. The molecular weight excluding hydrogens is 442 g/mol. The topological polar surface area (TPSA) is 59.6 Å². The van der Waals surface area contributed by atoms with Crippen LogP contribution in [0.25, 0.3) is 0 Å². The summed E-state index contributed by atoms with van der Waals surface area (Å²) in [6.45, 7) is 9.21. The van der Waals surface area contributed by atoms with Gasteiger partial charge in [-0.2, -0.15) is 0 Å². The molecule has 0 radical (unpaired) electrons. The van der Waals surface area contributed by atoms with E-state index in [0.717, 1.165) is 24.1 Å². The van der Waals surface area contributed by atoms with Crippen molar-refractivity contribution in [1.82, 2.24) is 10.6 Å². The first-order valence-corrected chi connectivity index (χ1v) is 10.4. The lowest BCUT2D eigenvalue weighted by molar-refractivity contribution is -0.124. The molecule has 0 spiro atoms. The minimum atomic E-state index is -0.337. The SMILES string of the molecule is CCOc1cc(CNCCc2ccc(F)cc2)cc(Cl)c1OCC(=O)NC(C)(C)C.Cl. The molecule has 2 rings (SSSR count). The summed E-state index contributed by atoms with van der Waals surface area (Å²) in [4.78, 5) is 12.0. The summed E-state index contributed by atoms with van der Waals surface area (Å²) >= 11 is 6.41. The second kappa shape index (κ2) is 12.7. The maximum atomic E-state index is 13.0. The normalized spacial score (nSPS) is 10.9. The van der Waals surface area contributed by atoms with Crippen LogP contribution in [0.15, 0.2) is 36.4 Å². The Morgan fingerprint density at radius 2 is 1.77 bits per heavy atom. The van der Waals surface area contributed by atoms with Crippen LogP contribution in [0, 0.1) is 5.82 Å². The highest BCUT2D eigenvalue weighted by molar-refractivity contribution is 6.32. The first-order chi connectivity index (χ1) is 14.2. The van der Waals surface area contributed by atoms with Gasteiger partial charge in [0.25, 0.3) is 5.91 Å². The van der Waals surface area contributed by atoms with E-state index in [-0.39, 0.29) is 36.3 Å². The summed E-state index contributed by atoms with van der Waals surface area (Å²) in [6, 6.07) is 10.1. The van der Waals surface area contributed by atoms with Crippen LogP contribution in [-0.4, -0.2) is 31.2 Å². The van der Waals surface area contributed by atoms with Gasteiger partial charge < -0.3 is 20.1 Å². The van der Waals surface area contributed by atoms with Gasteiger partial charge >= 0.3 is 0 Å². The van der Waals surface area contributed by atoms with Crippen LogP contribution in [0.1, 0.15) is 38.8 Å². The molecule has 0 aromatic heterocycles. The molecule has 0 unspecified atom stereocenters. The maximum absolute atomic E-state index is 13.0. The maximum Gasteiger partial charge on any atom is 0.258 e. The van der Waals surface area contributed by atoms with Crippen LogP contribution in [0.5, 0.6) is 11.5 Å². The van der Waals surface area contributed by atoms with Crippen molar-refractivity contribution in [3.8, 4) is 11.5 Å². The molecule has 0 bridgehead atoms. The monoisotopic (exact) mass is 472 g/mol. The third-order valence-corrected chi connectivity index (χ3v) is 4.34. The van der Waals surface area contributed by atoms with E-state index < -0.39 is 0 Å². The number of benzene rings is 2. The lowest BCUT2D eigenvalue weighted by atomic mass is 10.1. The van der Waals surface area contributed by atoms with E-state index in [4.69, 9.17) is 21.1 Å². The third-order valence-electron chi connectivity index (χ3n) is 4.06. The second-order valence-electron chi connectivity index (χ2n) is 7.98.